The zero-order chi connectivity index (χ0) is 20.3. The smallest absolute Gasteiger partial charge is 0.137 e. The van der Waals surface area contributed by atoms with Crippen molar-refractivity contribution in [2.75, 3.05) is 5.32 Å². The molecule has 154 valence electrons. The van der Waals surface area contributed by atoms with Gasteiger partial charge in [0.2, 0.25) is 0 Å². The van der Waals surface area contributed by atoms with Crippen LogP contribution < -0.4 is 10.6 Å². The lowest BCUT2D eigenvalue weighted by atomic mass is 9.91. The predicted molar refractivity (Wildman–Crippen MR) is 123 cm³/mol. The van der Waals surface area contributed by atoms with Crippen LogP contribution in [0.3, 0.4) is 0 Å². The minimum absolute atomic E-state index is 0.371. The Morgan fingerprint density at radius 1 is 1.17 bits per heavy atom. The summed E-state index contributed by atoms with van der Waals surface area (Å²) in [7, 11) is 0. The van der Waals surface area contributed by atoms with Crippen LogP contribution in [0.2, 0.25) is 5.15 Å². The highest BCUT2D eigenvalue weighted by atomic mass is 35.5. The van der Waals surface area contributed by atoms with E-state index in [-0.39, 0.29) is 0 Å². The summed E-state index contributed by atoms with van der Waals surface area (Å²) in [5.41, 5.74) is 2.99. The van der Waals surface area contributed by atoms with Crippen LogP contribution in [0, 0.1) is 0 Å². The first-order chi connectivity index (χ1) is 14.7. The second-order valence-corrected chi connectivity index (χ2v) is 9.04. The molecule has 0 bridgehead atoms. The van der Waals surface area contributed by atoms with E-state index in [4.69, 9.17) is 11.6 Å². The average Bonchev–Trinajstić information content (AvgIpc) is 3.42. The largest absolute Gasteiger partial charge is 0.367 e. The van der Waals surface area contributed by atoms with Gasteiger partial charge in [-0.25, -0.2) is 15.0 Å². The Hall–Kier alpha value is -2.48. The summed E-state index contributed by atoms with van der Waals surface area (Å²) in [6, 6.07) is 8.85. The lowest BCUT2D eigenvalue weighted by Gasteiger charge is -2.30. The molecule has 0 spiro atoms. The van der Waals surface area contributed by atoms with E-state index in [1.54, 1.807) is 17.5 Å². The third-order valence-corrected chi connectivity index (χ3v) is 6.58. The van der Waals surface area contributed by atoms with Crippen LogP contribution in [0.1, 0.15) is 30.7 Å². The minimum Gasteiger partial charge on any atom is -0.367 e. The Morgan fingerprint density at radius 2 is 2.10 bits per heavy atom. The van der Waals surface area contributed by atoms with Gasteiger partial charge in [-0.3, -0.25) is 0 Å². The average molecular weight is 439 g/mol. The van der Waals surface area contributed by atoms with Gasteiger partial charge in [-0.15, -0.1) is 11.3 Å². The van der Waals surface area contributed by atoms with Gasteiger partial charge in [0.05, 0.1) is 0 Å². The molecule has 6 nitrogen and oxygen atoms in total. The van der Waals surface area contributed by atoms with Crippen molar-refractivity contribution < 1.29 is 0 Å². The van der Waals surface area contributed by atoms with Crippen LogP contribution in [-0.2, 0) is 6.54 Å². The zero-order valence-electron chi connectivity index (χ0n) is 16.4. The molecule has 0 radical (unpaired) electrons. The van der Waals surface area contributed by atoms with Gasteiger partial charge < -0.3 is 15.6 Å². The van der Waals surface area contributed by atoms with Crippen molar-refractivity contribution in [3.05, 3.63) is 58.4 Å². The Kier molecular flexibility index (Phi) is 5.66. The fourth-order valence-corrected chi connectivity index (χ4v) is 4.98. The Labute approximate surface area is 184 Å². The molecule has 2 unspecified atom stereocenters. The molecule has 30 heavy (non-hydrogen) atoms. The van der Waals surface area contributed by atoms with Crippen molar-refractivity contribution in [1.82, 2.24) is 25.3 Å². The molecule has 1 saturated carbocycles. The molecule has 4 heterocycles. The summed E-state index contributed by atoms with van der Waals surface area (Å²) in [4.78, 5) is 16.5. The number of hydrogen-bond donors (Lipinski definition) is 3. The van der Waals surface area contributed by atoms with E-state index in [1.807, 2.05) is 29.9 Å². The summed E-state index contributed by atoms with van der Waals surface area (Å²) < 4.78 is 0. The molecule has 8 heteroatoms. The summed E-state index contributed by atoms with van der Waals surface area (Å²) in [6.45, 7) is 0.837. The third-order valence-electron chi connectivity index (χ3n) is 5.61. The number of H-pyrrole nitrogens is 1. The maximum absolute atomic E-state index is 6.38. The topological polar surface area (TPSA) is 78.5 Å². The number of nitrogens with one attached hydrogen (secondary N) is 3. The Bertz CT molecular complexity index is 1130. The first kappa shape index (κ1) is 19.5. The van der Waals surface area contributed by atoms with Crippen LogP contribution in [0.25, 0.3) is 22.2 Å². The highest BCUT2D eigenvalue weighted by Crippen LogP contribution is 2.31. The van der Waals surface area contributed by atoms with E-state index in [0.29, 0.717) is 17.2 Å². The van der Waals surface area contributed by atoms with E-state index >= 15 is 0 Å². The number of fused-ring (bicyclic) bond motifs is 1. The van der Waals surface area contributed by atoms with E-state index in [1.165, 1.54) is 12.8 Å². The number of thiazole rings is 1. The fourth-order valence-electron chi connectivity index (χ4n) is 4.21. The quantitative estimate of drug-likeness (QED) is 0.358. The number of rotatable bonds is 6. The number of pyridine rings is 2. The highest BCUT2D eigenvalue weighted by molar-refractivity contribution is 7.09. The van der Waals surface area contributed by atoms with Gasteiger partial charge in [0.25, 0.3) is 0 Å². The first-order valence-electron chi connectivity index (χ1n) is 10.2. The highest BCUT2D eigenvalue weighted by Gasteiger charge is 2.22. The van der Waals surface area contributed by atoms with Crippen molar-refractivity contribution in [3.63, 3.8) is 0 Å². The van der Waals surface area contributed by atoms with Gasteiger partial charge in [0.1, 0.15) is 21.6 Å². The second-order valence-electron chi connectivity index (χ2n) is 7.68. The molecule has 0 amide bonds. The molecule has 0 aromatic carbocycles. The normalized spacial score (nSPS) is 19.2. The van der Waals surface area contributed by atoms with Gasteiger partial charge in [-0.1, -0.05) is 11.6 Å². The Balaban J connectivity index is 1.30. The number of anilines is 1. The molecule has 1 aliphatic carbocycles. The molecule has 2 atom stereocenters. The van der Waals surface area contributed by atoms with E-state index in [2.05, 4.69) is 42.7 Å². The Morgan fingerprint density at radius 3 is 3.00 bits per heavy atom. The number of aromatic amines is 1. The lowest BCUT2D eigenvalue weighted by molar-refractivity contribution is 0.350. The second kappa shape index (κ2) is 8.71. The fraction of sp³-hybridized carbons (Fsp3) is 0.318. The van der Waals surface area contributed by atoms with Gasteiger partial charge in [0, 0.05) is 53.5 Å². The van der Waals surface area contributed by atoms with Gasteiger partial charge in [0.15, 0.2) is 0 Å². The summed E-state index contributed by atoms with van der Waals surface area (Å²) >= 11 is 8.07. The van der Waals surface area contributed by atoms with Crippen molar-refractivity contribution >= 4 is 39.8 Å². The molecule has 4 aromatic rings. The van der Waals surface area contributed by atoms with E-state index < -0.39 is 0 Å². The number of hydrogen-bond acceptors (Lipinski definition) is 6. The van der Waals surface area contributed by atoms with Crippen LogP contribution in [0.15, 0.2) is 48.2 Å². The van der Waals surface area contributed by atoms with Gasteiger partial charge in [-0.2, -0.15) is 0 Å². The molecule has 3 N–H and O–H groups in total. The molecule has 1 fully saturated rings. The van der Waals surface area contributed by atoms with Crippen LogP contribution in [0.4, 0.5) is 5.82 Å². The van der Waals surface area contributed by atoms with Crippen LogP contribution in [-0.4, -0.2) is 32.0 Å². The van der Waals surface area contributed by atoms with E-state index in [9.17, 15) is 0 Å². The number of halogens is 1. The monoisotopic (exact) mass is 438 g/mol. The number of nitrogens with zero attached hydrogens (tertiary/aromatic N) is 3. The SMILES string of the molecule is Clc1cc(-c2c[nH]c3ncccc23)cc(NC2CCCC(NCc3nccs3)C2)n1. The van der Waals surface area contributed by atoms with Crippen molar-refractivity contribution in [1.29, 1.82) is 0 Å². The van der Waals surface area contributed by atoms with Gasteiger partial charge in [-0.05, 0) is 55.5 Å². The van der Waals surface area contributed by atoms with Gasteiger partial charge >= 0.3 is 0 Å². The lowest BCUT2D eigenvalue weighted by Crippen LogP contribution is -2.38. The molecular formula is C22H23ClN6S. The van der Waals surface area contributed by atoms with Crippen molar-refractivity contribution in [2.45, 2.75) is 44.3 Å². The molecule has 4 aromatic heterocycles. The first-order valence-corrected chi connectivity index (χ1v) is 11.5. The maximum atomic E-state index is 6.38. The molecule has 5 rings (SSSR count). The molecule has 1 aliphatic rings. The number of aromatic nitrogens is 4. The third kappa shape index (κ3) is 4.33. The molecule has 0 aliphatic heterocycles. The van der Waals surface area contributed by atoms with Crippen LogP contribution in [0.5, 0.6) is 0 Å². The summed E-state index contributed by atoms with van der Waals surface area (Å²) in [6.07, 6.45) is 10.2. The predicted octanol–water partition coefficient (Wildman–Crippen LogP) is 5.25. The minimum atomic E-state index is 0.371. The standard InChI is InChI=1S/C22H23ClN6S/c23-19-9-14(18-12-27-22-17(18)5-2-6-25-22)10-20(29-19)28-16-4-1-3-15(11-16)26-13-21-24-7-8-30-21/h2,5-10,12,15-16,26H,1,3-4,11,13H2,(H,25,27)(H,28,29). The summed E-state index contributed by atoms with van der Waals surface area (Å²) in [5.74, 6) is 0.821. The van der Waals surface area contributed by atoms with E-state index in [0.717, 1.165) is 52.4 Å². The van der Waals surface area contributed by atoms with Crippen molar-refractivity contribution in [2.24, 2.45) is 0 Å². The summed E-state index contributed by atoms with van der Waals surface area (Å²) in [5, 5.41) is 12.0. The molecular weight excluding hydrogens is 416 g/mol. The molecule has 0 saturated heterocycles. The van der Waals surface area contributed by atoms with Crippen molar-refractivity contribution in [3.8, 4) is 11.1 Å². The van der Waals surface area contributed by atoms with Crippen LogP contribution >= 0.6 is 22.9 Å². The zero-order valence-corrected chi connectivity index (χ0v) is 18.0. The maximum Gasteiger partial charge on any atom is 0.137 e.